The van der Waals surface area contributed by atoms with Crippen LogP contribution in [0.15, 0.2) is 60.7 Å². The molecule has 180 valence electrons. The van der Waals surface area contributed by atoms with Gasteiger partial charge in [0.05, 0.1) is 23.9 Å². The van der Waals surface area contributed by atoms with Crippen LogP contribution in [-0.2, 0) is 0 Å². The quantitative estimate of drug-likeness (QED) is 0.431. The topological polar surface area (TPSA) is 68.3 Å². The van der Waals surface area contributed by atoms with Crippen molar-refractivity contribution in [1.29, 1.82) is 0 Å². The summed E-state index contributed by atoms with van der Waals surface area (Å²) >= 11 is 0. The van der Waals surface area contributed by atoms with E-state index in [2.05, 4.69) is 4.90 Å². The summed E-state index contributed by atoms with van der Waals surface area (Å²) in [4.78, 5) is 29.7. The molecule has 2 aliphatic rings. The van der Waals surface area contributed by atoms with Gasteiger partial charge in [0.15, 0.2) is 11.5 Å². The highest BCUT2D eigenvalue weighted by Crippen LogP contribution is 2.37. The van der Waals surface area contributed by atoms with Gasteiger partial charge in [0.2, 0.25) is 0 Å². The molecule has 0 atom stereocenters. The van der Waals surface area contributed by atoms with E-state index in [4.69, 9.17) is 14.2 Å². The van der Waals surface area contributed by atoms with Crippen LogP contribution in [0.4, 0.5) is 10.1 Å². The van der Waals surface area contributed by atoms with Crippen molar-refractivity contribution < 1.29 is 28.2 Å². The minimum absolute atomic E-state index is 0.236. The summed E-state index contributed by atoms with van der Waals surface area (Å²) in [5.74, 6) is 0.536. The van der Waals surface area contributed by atoms with Gasteiger partial charge in [-0.15, -0.1) is 0 Å². The Bertz CT molecular complexity index is 1250. The number of ether oxygens (including phenoxy) is 3. The molecule has 0 bridgehead atoms. The Labute approximate surface area is 202 Å². The normalized spacial score (nSPS) is 15.4. The predicted molar refractivity (Wildman–Crippen MR) is 128 cm³/mol. The van der Waals surface area contributed by atoms with Crippen molar-refractivity contribution in [3.05, 3.63) is 77.6 Å². The number of fused-ring (bicyclic) bond motifs is 1. The second-order valence-electron chi connectivity index (χ2n) is 8.44. The molecule has 0 N–H and O–H groups in total. The zero-order chi connectivity index (χ0) is 24.4. The Morgan fingerprint density at radius 2 is 1.54 bits per heavy atom. The second-order valence-corrected chi connectivity index (χ2v) is 8.44. The molecule has 0 aliphatic carbocycles. The fraction of sp³-hybridized carbons (Fsp3) is 0.259. The molecule has 0 unspecified atom stereocenters. The van der Waals surface area contributed by atoms with Gasteiger partial charge in [0.25, 0.3) is 11.8 Å². The Hall–Kier alpha value is -3.91. The molecule has 7 nitrogen and oxygen atoms in total. The van der Waals surface area contributed by atoms with Crippen LogP contribution in [-0.4, -0.2) is 50.1 Å². The van der Waals surface area contributed by atoms with Crippen molar-refractivity contribution >= 4 is 17.5 Å². The lowest BCUT2D eigenvalue weighted by Crippen LogP contribution is -2.29. The zero-order valence-corrected chi connectivity index (χ0v) is 19.3. The maximum atomic E-state index is 13.2. The number of benzene rings is 3. The maximum Gasteiger partial charge on any atom is 0.266 e. The van der Waals surface area contributed by atoms with E-state index in [0.29, 0.717) is 35.3 Å². The van der Waals surface area contributed by atoms with E-state index in [-0.39, 0.29) is 16.9 Å². The zero-order valence-electron chi connectivity index (χ0n) is 19.3. The largest absolute Gasteiger partial charge is 0.493 e. The second kappa shape index (κ2) is 9.76. The standard InChI is InChI=1S/C27H25FN2O5/c1-33-25-16-19(6-11-24(25)34-15-14-29-12-2-3-13-29)30-26(31)22-10-9-21(17-23(22)27(30)32)35-20-7-4-18(28)5-8-20/h4-11,16-17H,2-3,12-15H2,1H3. The molecule has 35 heavy (non-hydrogen) atoms. The Balaban J connectivity index is 1.32. The SMILES string of the molecule is COc1cc(N2C(=O)c3ccc(Oc4ccc(F)cc4)cc3C2=O)ccc1OCCN1CCCC1. The molecule has 5 rings (SSSR count). The first kappa shape index (κ1) is 22.9. The highest BCUT2D eigenvalue weighted by molar-refractivity contribution is 6.34. The molecule has 2 amide bonds. The van der Waals surface area contributed by atoms with E-state index < -0.39 is 11.8 Å². The van der Waals surface area contributed by atoms with Crippen LogP contribution in [0.2, 0.25) is 0 Å². The first-order chi connectivity index (χ1) is 17.0. The summed E-state index contributed by atoms with van der Waals surface area (Å²) in [6, 6.07) is 15.2. The van der Waals surface area contributed by atoms with Crippen LogP contribution in [0.5, 0.6) is 23.0 Å². The van der Waals surface area contributed by atoms with Crippen LogP contribution in [0.3, 0.4) is 0 Å². The summed E-state index contributed by atoms with van der Waals surface area (Å²) < 4.78 is 30.2. The number of likely N-dealkylation sites (tertiary alicyclic amines) is 1. The lowest BCUT2D eigenvalue weighted by Gasteiger charge is -2.18. The average molecular weight is 477 g/mol. The van der Waals surface area contributed by atoms with Gasteiger partial charge in [-0.2, -0.15) is 0 Å². The molecule has 0 aromatic heterocycles. The fourth-order valence-electron chi connectivity index (χ4n) is 4.36. The molecule has 1 saturated heterocycles. The van der Waals surface area contributed by atoms with Gasteiger partial charge in [-0.05, 0) is 80.5 Å². The number of carbonyl (C=O) groups is 2. The minimum Gasteiger partial charge on any atom is -0.493 e. The third kappa shape index (κ3) is 4.70. The van der Waals surface area contributed by atoms with Gasteiger partial charge in [-0.3, -0.25) is 14.5 Å². The molecule has 3 aromatic carbocycles. The molecule has 2 aliphatic heterocycles. The number of rotatable bonds is 8. The Kier molecular flexibility index (Phi) is 6.37. The molecule has 0 radical (unpaired) electrons. The molecular weight excluding hydrogens is 451 g/mol. The molecular formula is C27H25FN2O5. The number of hydrogen-bond donors (Lipinski definition) is 0. The minimum atomic E-state index is -0.459. The summed E-state index contributed by atoms with van der Waals surface area (Å²) in [5.41, 5.74) is 0.909. The summed E-state index contributed by atoms with van der Waals surface area (Å²) in [6.45, 7) is 3.55. The number of anilines is 1. The van der Waals surface area contributed by atoms with Crippen LogP contribution >= 0.6 is 0 Å². The third-order valence-electron chi connectivity index (χ3n) is 6.18. The molecule has 2 heterocycles. The van der Waals surface area contributed by atoms with E-state index in [1.807, 2.05) is 0 Å². The predicted octanol–water partition coefficient (Wildman–Crippen LogP) is 4.90. The van der Waals surface area contributed by atoms with Crippen LogP contribution in [0, 0.1) is 5.82 Å². The molecule has 1 fully saturated rings. The van der Waals surface area contributed by atoms with Gasteiger partial charge >= 0.3 is 0 Å². The van der Waals surface area contributed by atoms with Crippen LogP contribution in [0.25, 0.3) is 0 Å². The lowest BCUT2D eigenvalue weighted by molar-refractivity contribution is 0.0926. The first-order valence-electron chi connectivity index (χ1n) is 11.5. The third-order valence-corrected chi connectivity index (χ3v) is 6.18. The van der Waals surface area contributed by atoms with Gasteiger partial charge < -0.3 is 14.2 Å². The number of halogens is 1. The van der Waals surface area contributed by atoms with Crippen molar-refractivity contribution in [2.45, 2.75) is 12.8 Å². The first-order valence-corrected chi connectivity index (χ1v) is 11.5. The highest BCUT2D eigenvalue weighted by atomic mass is 19.1. The highest BCUT2D eigenvalue weighted by Gasteiger charge is 2.37. The fourth-order valence-corrected chi connectivity index (χ4v) is 4.36. The smallest absolute Gasteiger partial charge is 0.266 e. The monoisotopic (exact) mass is 476 g/mol. The van der Waals surface area contributed by atoms with E-state index in [9.17, 15) is 14.0 Å². The summed E-state index contributed by atoms with van der Waals surface area (Å²) in [7, 11) is 1.52. The molecule has 8 heteroatoms. The average Bonchev–Trinajstić information content (AvgIpc) is 3.47. The summed E-state index contributed by atoms with van der Waals surface area (Å²) in [6.07, 6.45) is 2.44. The lowest BCUT2D eigenvalue weighted by atomic mass is 10.1. The number of carbonyl (C=O) groups excluding carboxylic acids is 2. The van der Waals surface area contributed by atoms with Crippen molar-refractivity contribution in [2.75, 3.05) is 38.3 Å². The number of nitrogens with zero attached hydrogens (tertiary/aromatic N) is 2. The number of hydrogen-bond acceptors (Lipinski definition) is 6. The van der Waals surface area contributed by atoms with Gasteiger partial charge in [-0.25, -0.2) is 9.29 Å². The van der Waals surface area contributed by atoms with Crippen molar-refractivity contribution in [2.24, 2.45) is 0 Å². The molecule has 0 spiro atoms. The van der Waals surface area contributed by atoms with Gasteiger partial charge in [-0.1, -0.05) is 0 Å². The van der Waals surface area contributed by atoms with E-state index >= 15 is 0 Å². The van der Waals surface area contributed by atoms with Crippen molar-refractivity contribution in [3.8, 4) is 23.0 Å². The van der Waals surface area contributed by atoms with Crippen LogP contribution < -0.4 is 19.1 Å². The van der Waals surface area contributed by atoms with Crippen molar-refractivity contribution in [3.63, 3.8) is 0 Å². The van der Waals surface area contributed by atoms with E-state index in [1.165, 1.54) is 50.3 Å². The maximum absolute atomic E-state index is 13.2. The van der Waals surface area contributed by atoms with Crippen molar-refractivity contribution in [1.82, 2.24) is 4.90 Å². The molecule has 0 saturated carbocycles. The molecule has 3 aromatic rings. The van der Waals surface area contributed by atoms with E-state index in [1.54, 1.807) is 30.3 Å². The van der Waals surface area contributed by atoms with E-state index in [0.717, 1.165) is 24.5 Å². The Morgan fingerprint density at radius 1 is 0.829 bits per heavy atom. The number of imide groups is 1. The van der Waals surface area contributed by atoms with Gasteiger partial charge in [0, 0.05) is 12.6 Å². The summed E-state index contributed by atoms with van der Waals surface area (Å²) in [5, 5.41) is 0. The Morgan fingerprint density at radius 3 is 2.29 bits per heavy atom. The number of methoxy groups -OCH3 is 1. The van der Waals surface area contributed by atoms with Crippen LogP contribution in [0.1, 0.15) is 33.6 Å². The number of amides is 2. The van der Waals surface area contributed by atoms with Gasteiger partial charge in [0.1, 0.15) is 23.9 Å².